The zero-order valence-electron chi connectivity index (χ0n) is 16.7. The van der Waals surface area contributed by atoms with E-state index in [1.165, 1.54) is 0 Å². The van der Waals surface area contributed by atoms with Crippen LogP contribution in [0, 0.1) is 12.3 Å². The third-order valence-electron chi connectivity index (χ3n) is 4.87. The van der Waals surface area contributed by atoms with E-state index in [9.17, 15) is 0 Å². The molecule has 1 N–H and O–H groups in total. The van der Waals surface area contributed by atoms with Crippen LogP contribution < -0.4 is 14.2 Å². The second kappa shape index (κ2) is 8.02. The lowest BCUT2D eigenvalue weighted by molar-refractivity contribution is 0.394. The minimum absolute atomic E-state index is 0.464. The molecule has 0 atom stereocenters. The summed E-state index contributed by atoms with van der Waals surface area (Å²) in [6.45, 7) is 0. The molecule has 0 unspecified atom stereocenters. The van der Waals surface area contributed by atoms with Gasteiger partial charge in [-0.2, -0.15) is 0 Å². The van der Waals surface area contributed by atoms with Crippen LogP contribution in [0.3, 0.4) is 0 Å². The molecule has 0 aliphatic rings. The Balaban J connectivity index is 1.98. The van der Waals surface area contributed by atoms with Gasteiger partial charge < -0.3 is 19.2 Å². The Hall–Kier alpha value is -3.62. The summed E-state index contributed by atoms with van der Waals surface area (Å²) in [6.07, 6.45) is 5.57. The maximum atomic E-state index is 6.38. The molecule has 1 heterocycles. The topological polar surface area (TPSA) is 56.4 Å². The molecule has 30 heavy (non-hydrogen) atoms. The number of methoxy groups -OCH3 is 3. The molecule has 4 rings (SSSR count). The van der Waals surface area contributed by atoms with Crippen LogP contribution in [-0.4, -0.2) is 31.3 Å². The lowest BCUT2D eigenvalue weighted by Crippen LogP contribution is -1.90. The zero-order chi connectivity index (χ0) is 21.3. The van der Waals surface area contributed by atoms with Crippen molar-refractivity contribution in [3.63, 3.8) is 0 Å². The van der Waals surface area contributed by atoms with Gasteiger partial charge in [-0.1, -0.05) is 17.7 Å². The highest BCUT2D eigenvalue weighted by Crippen LogP contribution is 2.38. The number of H-pyrrole nitrogens is 1. The van der Waals surface area contributed by atoms with E-state index in [4.69, 9.17) is 32.2 Å². The summed E-state index contributed by atoms with van der Waals surface area (Å²) in [5.41, 5.74) is 5.27. The first-order valence-corrected chi connectivity index (χ1v) is 9.51. The summed E-state index contributed by atoms with van der Waals surface area (Å²) in [5.74, 6) is 5.04. The third-order valence-corrected chi connectivity index (χ3v) is 5.17. The fourth-order valence-electron chi connectivity index (χ4n) is 3.38. The van der Waals surface area contributed by atoms with E-state index in [1.54, 1.807) is 21.3 Å². The zero-order valence-corrected chi connectivity index (χ0v) is 17.5. The summed E-state index contributed by atoms with van der Waals surface area (Å²) < 4.78 is 16.1. The average Bonchev–Trinajstić information content (AvgIpc) is 3.21. The molecule has 6 heteroatoms. The van der Waals surface area contributed by atoms with Crippen LogP contribution in [0.2, 0.25) is 5.02 Å². The second-order valence-corrected chi connectivity index (χ2v) is 7.01. The molecule has 0 saturated carbocycles. The molecule has 0 fully saturated rings. The van der Waals surface area contributed by atoms with Gasteiger partial charge in [-0.15, -0.1) is 6.42 Å². The Bertz CT molecular complexity index is 1270. The molecular formula is C24H19ClN2O3. The van der Waals surface area contributed by atoms with Crippen LogP contribution in [-0.2, 0) is 0 Å². The molecule has 150 valence electrons. The number of fused-ring (bicyclic) bond motifs is 1. The van der Waals surface area contributed by atoms with Crippen LogP contribution in [0.5, 0.6) is 17.2 Å². The van der Waals surface area contributed by atoms with Gasteiger partial charge in [0.2, 0.25) is 0 Å². The molecular weight excluding hydrogens is 400 g/mol. The number of nitrogens with one attached hydrogen (secondary N) is 1. The molecule has 0 radical (unpaired) electrons. The van der Waals surface area contributed by atoms with Crippen LogP contribution in [0.25, 0.3) is 33.3 Å². The third kappa shape index (κ3) is 3.54. The normalized spacial score (nSPS) is 10.6. The molecule has 5 nitrogen and oxygen atoms in total. The van der Waals surface area contributed by atoms with Gasteiger partial charge in [-0.25, -0.2) is 4.98 Å². The van der Waals surface area contributed by atoms with Gasteiger partial charge in [0, 0.05) is 11.6 Å². The number of aromatic nitrogens is 2. The quantitative estimate of drug-likeness (QED) is 0.431. The molecule has 4 aromatic rings. The van der Waals surface area contributed by atoms with Gasteiger partial charge in [0.1, 0.15) is 17.2 Å². The SMILES string of the molecule is C#Cc1nc2c(-c3ccc(OC)c(Cl)c3)cc(-c3cc(OC)cc(OC)c3)cc2[nH]1. The van der Waals surface area contributed by atoms with Crippen molar-refractivity contribution in [2.75, 3.05) is 21.3 Å². The Labute approximate surface area is 179 Å². The number of ether oxygens (including phenoxy) is 3. The monoisotopic (exact) mass is 418 g/mol. The number of aromatic amines is 1. The molecule has 0 amide bonds. The molecule has 0 bridgehead atoms. The van der Waals surface area contributed by atoms with Gasteiger partial charge >= 0.3 is 0 Å². The molecule has 0 aliphatic heterocycles. The van der Waals surface area contributed by atoms with E-state index in [0.717, 1.165) is 33.3 Å². The van der Waals surface area contributed by atoms with Crippen LogP contribution >= 0.6 is 11.6 Å². The molecule has 0 aliphatic carbocycles. The van der Waals surface area contributed by atoms with E-state index in [-0.39, 0.29) is 0 Å². The number of hydrogen-bond donors (Lipinski definition) is 1. The second-order valence-electron chi connectivity index (χ2n) is 6.60. The van der Waals surface area contributed by atoms with Crippen molar-refractivity contribution in [3.05, 3.63) is 59.4 Å². The summed E-state index contributed by atoms with van der Waals surface area (Å²) >= 11 is 6.38. The smallest absolute Gasteiger partial charge is 0.183 e. The summed E-state index contributed by atoms with van der Waals surface area (Å²) in [7, 11) is 4.84. The standard InChI is InChI=1S/C24H19ClN2O3/c1-5-23-26-21-12-16(15-8-17(28-2)13-18(9-15)29-3)10-19(24(21)27-23)14-6-7-22(30-4)20(25)11-14/h1,6-13H,2-4H3,(H,26,27). The number of nitrogens with zero attached hydrogens (tertiary/aromatic N) is 1. The van der Waals surface area contributed by atoms with E-state index in [2.05, 4.69) is 22.0 Å². The van der Waals surface area contributed by atoms with Crippen molar-refractivity contribution >= 4 is 22.6 Å². The van der Waals surface area contributed by atoms with Crippen molar-refractivity contribution in [3.8, 4) is 51.8 Å². The molecule has 3 aromatic carbocycles. The lowest BCUT2D eigenvalue weighted by Gasteiger charge is -2.12. The van der Waals surface area contributed by atoms with Crippen molar-refractivity contribution < 1.29 is 14.2 Å². The fraction of sp³-hybridized carbons (Fsp3) is 0.125. The highest BCUT2D eigenvalue weighted by Gasteiger charge is 2.15. The number of terminal acetylenes is 1. The first kappa shape index (κ1) is 19.7. The Morgan fingerprint density at radius 1 is 0.867 bits per heavy atom. The predicted molar refractivity (Wildman–Crippen MR) is 120 cm³/mol. The molecule has 0 saturated heterocycles. The van der Waals surface area contributed by atoms with E-state index in [0.29, 0.717) is 28.1 Å². The summed E-state index contributed by atoms with van der Waals surface area (Å²) in [6, 6.07) is 15.4. The molecule has 1 aromatic heterocycles. The van der Waals surface area contributed by atoms with Crippen molar-refractivity contribution in [1.82, 2.24) is 9.97 Å². The van der Waals surface area contributed by atoms with E-state index < -0.39 is 0 Å². The number of halogens is 1. The minimum atomic E-state index is 0.464. The first-order chi connectivity index (χ1) is 14.6. The number of hydrogen-bond acceptors (Lipinski definition) is 4. The first-order valence-electron chi connectivity index (χ1n) is 9.14. The number of benzene rings is 3. The van der Waals surface area contributed by atoms with Crippen LogP contribution in [0.1, 0.15) is 5.82 Å². The number of imidazole rings is 1. The van der Waals surface area contributed by atoms with Crippen molar-refractivity contribution in [2.45, 2.75) is 0 Å². The number of rotatable bonds is 5. The lowest BCUT2D eigenvalue weighted by atomic mass is 9.97. The van der Waals surface area contributed by atoms with Gasteiger partial charge in [0.25, 0.3) is 0 Å². The Morgan fingerprint density at radius 3 is 2.17 bits per heavy atom. The van der Waals surface area contributed by atoms with Gasteiger partial charge in [-0.05, 0) is 59.0 Å². The average molecular weight is 419 g/mol. The van der Waals surface area contributed by atoms with Crippen LogP contribution in [0.4, 0.5) is 0 Å². The maximum Gasteiger partial charge on any atom is 0.183 e. The minimum Gasteiger partial charge on any atom is -0.497 e. The molecule has 0 spiro atoms. The van der Waals surface area contributed by atoms with Crippen molar-refractivity contribution in [2.24, 2.45) is 0 Å². The fourth-order valence-corrected chi connectivity index (χ4v) is 3.64. The highest BCUT2D eigenvalue weighted by atomic mass is 35.5. The maximum absolute atomic E-state index is 6.38. The van der Waals surface area contributed by atoms with Gasteiger partial charge in [-0.3, -0.25) is 0 Å². The Kier molecular flexibility index (Phi) is 5.26. The van der Waals surface area contributed by atoms with Gasteiger partial charge in [0.15, 0.2) is 5.82 Å². The van der Waals surface area contributed by atoms with Crippen LogP contribution in [0.15, 0.2) is 48.5 Å². The van der Waals surface area contributed by atoms with Crippen molar-refractivity contribution in [1.29, 1.82) is 0 Å². The van der Waals surface area contributed by atoms with E-state index >= 15 is 0 Å². The Morgan fingerprint density at radius 2 is 1.57 bits per heavy atom. The summed E-state index contributed by atoms with van der Waals surface area (Å²) in [4.78, 5) is 7.76. The summed E-state index contributed by atoms with van der Waals surface area (Å²) in [5, 5.41) is 0.518. The van der Waals surface area contributed by atoms with Gasteiger partial charge in [0.05, 0.1) is 37.4 Å². The van der Waals surface area contributed by atoms with E-state index in [1.807, 2.05) is 42.5 Å². The largest absolute Gasteiger partial charge is 0.497 e. The predicted octanol–water partition coefficient (Wildman–Crippen LogP) is 5.56. The highest BCUT2D eigenvalue weighted by molar-refractivity contribution is 6.32.